The van der Waals surface area contributed by atoms with Crippen LogP contribution in [0.4, 0.5) is 5.82 Å². The molecule has 0 saturated carbocycles. The highest BCUT2D eigenvalue weighted by molar-refractivity contribution is 7.89. The van der Waals surface area contributed by atoms with Crippen molar-refractivity contribution < 1.29 is 22.7 Å². The van der Waals surface area contributed by atoms with Gasteiger partial charge in [0.25, 0.3) is 15.9 Å². The van der Waals surface area contributed by atoms with Crippen molar-refractivity contribution in [2.24, 2.45) is 0 Å². The van der Waals surface area contributed by atoms with E-state index in [0.29, 0.717) is 0 Å². The summed E-state index contributed by atoms with van der Waals surface area (Å²) in [5, 5.41) is 5.67. The van der Waals surface area contributed by atoms with Gasteiger partial charge < -0.3 is 15.4 Å². The number of carbonyl (C=O) groups excluding carboxylic acids is 2. The fourth-order valence-electron chi connectivity index (χ4n) is 3.47. The van der Waals surface area contributed by atoms with Crippen LogP contribution in [0, 0.1) is 6.92 Å². The molecule has 1 aliphatic rings. The van der Waals surface area contributed by atoms with E-state index in [1.165, 1.54) is 25.4 Å². The Kier molecular flexibility index (Phi) is 11.0. The van der Waals surface area contributed by atoms with Gasteiger partial charge in [0.15, 0.2) is 11.5 Å². The van der Waals surface area contributed by atoms with Crippen LogP contribution in [0.5, 0.6) is 0 Å². The van der Waals surface area contributed by atoms with Crippen LogP contribution in [0.2, 0.25) is 0 Å². The first-order valence-corrected chi connectivity index (χ1v) is 13.2. The van der Waals surface area contributed by atoms with Crippen molar-refractivity contribution in [3.63, 3.8) is 0 Å². The number of fused-ring (bicyclic) bond motifs is 1. The number of aromatic nitrogens is 1. The largest absolute Gasteiger partial charge is 0.420 e. The molecule has 0 spiro atoms. The third kappa shape index (κ3) is 6.97. The third-order valence-electron chi connectivity index (χ3n) is 5.40. The summed E-state index contributed by atoms with van der Waals surface area (Å²) in [6, 6.07) is 17.7. The Morgan fingerprint density at radius 3 is 2.16 bits per heavy atom. The number of hydrogen-bond acceptors (Lipinski definition) is 7. The first-order valence-electron chi connectivity index (χ1n) is 11.7. The van der Waals surface area contributed by atoms with Crippen LogP contribution < -0.4 is 10.6 Å². The van der Waals surface area contributed by atoms with E-state index in [1.54, 1.807) is 54.6 Å². The van der Waals surface area contributed by atoms with Crippen molar-refractivity contribution in [3.05, 3.63) is 95.3 Å². The van der Waals surface area contributed by atoms with Crippen molar-refractivity contribution >= 4 is 45.9 Å². The van der Waals surface area contributed by atoms with Gasteiger partial charge in [0.05, 0.1) is 10.5 Å². The number of benzene rings is 2. The number of nitrogens with one attached hydrogen (secondary N) is 2. The monoisotopic (exact) mass is 558 g/mol. The first-order chi connectivity index (χ1) is 17.7. The van der Waals surface area contributed by atoms with Gasteiger partial charge in [0.1, 0.15) is 5.82 Å². The smallest absolute Gasteiger partial charge is 0.343 e. The second-order valence-corrected chi connectivity index (χ2v) is 9.97. The number of carbonyl (C=O) groups is 2. The molecule has 2 heterocycles. The number of nitrogens with zero attached hydrogens (tertiary/aromatic N) is 2. The Bertz CT molecular complexity index is 1390. The number of anilines is 1. The second-order valence-electron chi connectivity index (χ2n) is 8.03. The van der Waals surface area contributed by atoms with Crippen molar-refractivity contribution in [2.75, 3.05) is 25.5 Å². The van der Waals surface area contributed by atoms with Crippen LogP contribution in [0.1, 0.15) is 35.3 Å². The molecule has 2 N–H and O–H groups in total. The summed E-state index contributed by atoms with van der Waals surface area (Å²) in [5.74, 6) is -1.43. The van der Waals surface area contributed by atoms with E-state index in [4.69, 9.17) is 4.74 Å². The lowest BCUT2D eigenvalue weighted by molar-refractivity contribution is -0.113. The molecule has 1 amide bonds. The quantitative estimate of drug-likeness (QED) is 0.435. The predicted octanol–water partition coefficient (Wildman–Crippen LogP) is 4.23. The lowest BCUT2D eigenvalue weighted by Crippen LogP contribution is -2.38. The van der Waals surface area contributed by atoms with Gasteiger partial charge in [-0.05, 0) is 56.4 Å². The van der Waals surface area contributed by atoms with E-state index in [9.17, 15) is 18.0 Å². The maximum absolute atomic E-state index is 13.1. The number of aryl methyl sites for hydroxylation is 1. The summed E-state index contributed by atoms with van der Waals surface area (Å²) >= 11 is 0. The SMILES string of the molecule is CCNCC.Cc1ccc(C(=O)OC2=C(C(=O)Nc3ccccn3)N(C)S(=O)(=O)c3ccccc32)cc1.Cl. The highest BCUT2D eigenvalue weighted by Gasteiger charge is 2.39. The van der Waals surface area contributed by atoms with E-state index >= 15 is 0 Å². The highest BCUT2D eigenvalue weighted by atomic mass is 35.5. The van der Waals surface area contributed by atoms with Crippen LogP contribution in [0.25, 0.3) is 5.76 Å². The molecule has 202 valence electrons. The van der Waals surface area contributed by atoms with Crippen LogP contribution in [-0.2, 0) is 19.6 Å². The lowest BCUT2D eigenvalue weighted by atomic mass is 10.1. The molecule has 3 aromatic rings. The molecule has 0 radical (unpaired) electrons. The minimum Gasteiger partial charge on any atom is -0.420 e. The summed E-state index contributed by atoms with van der Waals surface area (Å²) < 4.78 is 32.6. The molecule has 1 aliphatic heterocycles. The third-order valence-corrected chi connectivity index (χ3v) is 7.22. The molecule has 38 heavy (non-hydrogen) atoms. The minimum absolute atomic E-state index is 0. The van der Waals surface area contributed by atoms with Gasteiger partial charge in [-0.2, -0.15) is 0 Å². The standard InChI is InChI=1S/C23H19N3O5S.C4H11N.ClH/c1-15-10-12-16(13-11-15)23(28)31-21-17-7-3-4-8-18(17)32(29,30)26(2)20(21)22(27)25-19-9-5-6-14-24-19;1-3-5-4-2;/h3-14H,1-2H3,(H,24,25,27);5H,3-4H2,1-2H3;1H. The van der Waals surface area contributed by atoms with Crippen molar-refractivity contribution in [2.45, 2.75) is 25.7 Å². The van der Waals surface area contributed by atoms with Gasteiger partial charge in [-0.25, -0.2) is 18.2 Å². The zero-order chi connectivity index (χ0) is 27.0. The molecule has 1 aromatic heterocycles. The first kappa shape index (κ1) is 30.5. The van der Waals surface area contributed by atoms with Crippen molar-refractivity contribution in [1.82, 2.24) is 14.6 Å². The number of halogens is 1. The van der Waals surface area contributed by atoms with Crippen molar-refractivity contribution in [1.29, 1.82) is 0 Å². The Morgan fingerprint density at radius 2 is 1.58 bits per heavy atom. The molecule has 9 nitrogen and oxygen atoms in total. The Morgan fingerprint density at radius 1 is 0.947 bits per heavy atom. The maximum Gasteiger partial charge on any atom is 0.343 e. The molecule has 0 saturated heterocycles. The van der Waals surface area contributed by atoms with Gasteiger partial charge >= 0.3 is 5.97 Å². The normalized spacial score (nSPS) is 13.3. The highest BCUT2D eigenvalue weighted by Crippen LogP contribution is 2.37. The maximum atomic E-state index is 13.1. The zero-order valence-electron chi connectivity index (χ0n) is 21.6. The lowest BCUT2D eigenvalue weighted by Gasteiger charge is -2.30. The van der Waals surface area contributed by atoms with E-state index < -0.39 is 21.9 Å². The van der Waals surface area contributed by atoms with E-state index in [0.717, 1.165) is 23.0 Å². The van der Waals surface area contributed by atoms with E-state index in [1.807, 2.05) is 6.92 Å². The molecule has 0 fully saturated rings. The molecule has 0 atom stereocenters. The summed E-state index contributed by atoms with van der Waals surface area (Å²) in [4.78, 5) is 30.0. The van der Waals surface area contributed by atoms with E-state index in [2.05, 4.69) is 29.5 Å². The number of hydrogen-bond donors (Lipinski definition) is 2. The number of pyridine rings is 1. The number of likely N-dealkylation sites (N-methyl/N-ethyl adjacent to an activating group) is 1. The Labute approximate surface area is 229 Å². The predicted molar refractivity (Wildman–Crippen MR) is 149 cm³/mol. The summed E-state index contributed by atoms with van der Waals surface area (Å²) in [7, 11) is -2.81. The van der Waals surface area contributed by atoms with Gasteiger partial charge in [0, 0.05) is 18.8 Å². The molecule has 2 aromatic carbocycles. The van der Waals surface area contributed by atoms with Crippen LogP contribution in [0.15, 0.2) is 83.5 Å². The molecule has 0 aliphatic carbocycles. The molecular weight excluding hydrogens is 528 g/mol. The van der Waals surface area contributed by atoms with Gasteiger partial charge in [0.2, 0.25) is 0 Å². The number of sulfonamides is 1. The second kappa shape index (κ2) is 13.7. The van der Waals surface area contributed by atoms with Crippen molar-refractivity contribution in [3.8, 4) is 0 Å². The summed E-state index contributed by atoms with van der Waals surface area (Å²) in [6.07, 6.45) is 1.49. The minimum atomic E-state index is -4.04. The van der Waals surface area contributed by atoms with Gasteiger partial charge in [-0.3, -0.25) is 9.10 Å². The molecule has 11 heteroatoms. The fourth-order valence-corrected chi connectivity index (χ4v) is 4.86. The summed E-state index contributed by atoms with van der Waals surface area (Å²) in [5.41, 5.74) is 1.03. The average molecular weight is 559 g/mol. The summed E-state index contributed by atoms with van der Waals surface area (Å²) in [6.45, 7) is 8.27. The van der Waals surface area contributed by atoms with Gasteiger partial charge in [-0.15, -0.1) is 12.4 Å². The number of amides is 1. The van der Waals surface area contributed by atoms with Crippen LogP contribution >= 0.6 is 12.4 Å². The molecular formula is C27H31ClN4O5S. The Balaban J connectivity index is 0.000000774. The number of esters is 1. The number of ether oxygens (including phenoxy) is 1. The van der Waals surface area contributed by atoms with Crippen LogP contribution in [0.3, 0.4) is 0 Å². The molecule has 4 rings (SSSR count). The topological polar surface area (TPSA) is 118 Å². The van der Waals surface area contributed by atoms with E-state index in [-0.39, 0.29) is 45.7 Å². The fraction of sp³-hybridized carbons (Fsp3) is 0.222. The Hall–Kier alpha value is -3.73. The van der Waals surface area contributed by atoms with Crippen LogP contribution in [-0.4, -0.2) is 49.7 Å². The molecule has 0 unspecified atom stereocenters. The van der Waals surface area contributed by atoms with Gasteiger partial charge in [-0.1, -0.05) is 49.7 Å². The molecule has 0 bridgehead atoms. The average Bonchev–Trinajstić information content (AvgIpc) is 2.89. The number of rotatable bonds is 6. The zero-order valence-corrected chi connectivity index (χ0v) is 23.2.